The number of carbonyl (C=O) groups excluding carboxylic acids is 2. The number of nitrogens with zero attached hydrogens (tertiary/aromatic N) is 1. The molecule has 1 heterocycles. The third kappa shape index (κ3) is 3.35. The number of likely N-dealkylation sites (tertiary alicyclic amines) is 1. The first kappa shape index (κ1) is 14.9. The van der Waals surface area contributed by atoms with Crippen molar-refractivity contribution in [3.8, 4) is 5.75 Å². The fourth-order valence-electron chi connectivity index (χ4n) is 2.18. The molecule has 1 atom stereocenters. The summed E-state index contributed by atoms with van der Waals surface area (Å²) < 4.78 is 5.36. The van der Waals surface area contributed by atoms with Gasteiger partial charge in [0.1, 0.15) is 11.8 Å². The molecule has 1 saturated heterocycles. The molecule has 1 aliphatic rings. The minimum absolute atomic E-state index is 0.189. The Kier molecular flexibility index (Phi) is 4.73. The maximum atomic E-state index is 12.0. The van der Waals surface area contributed by atoms with Crippen LogP contribution in [-0.2, 0) is 9.59 Å². The monoisotopic (exact) mass is 316 g/mol. The lowest BCUT2D eigenvalue weighted by Crippen LogP contribution is -2.45. The zero-order valence-corrected chi connectivity index (χ0v) is 12.2. The van der Waals surface area contributed by atoms with Gasteiger partial charge in [-0.2, -0.15) is 0 Å². The third-order valence-corrected chi connectivity index (χ3v) is 3.68. The van der Waals surface area contributed by atoms with E-state index in [2.05, 4.69) is 0 Å². The lowest BCUT2D eigenvalue weighted by atomic mass is 10.2. The van der Waals surface area contributed by atoms with Crippen molar-refractivity contribution in [1.29, 1.82) is 0 Å². The maximum absolute atomic E-state index is 12.0. The first-order chi connectivity index (χ1) is 9.49. The molecule has 0 bridgehead atoms. The van der Waals surface area contributed by atoms with Gasteiger partial charge in [0.2, 0.25) is 5.91 Å². The number of nitrogens with two attached hydrogens (primary N) is 1. The molecule has 108 valence electrons. The number of hydrogen-bond donors (Lipinski definition) is 1. The molecular formula is C13H14Cl2N2O3. The van der Waals surface area contributed by atoms with Gasteiger partial charge in [0.25, 0.3) is 5.91 Å². The molecule has 0 radical (unpaired) electrons. The minimum atomic E-state index is -0.535. The Morgan fingerprint density at radius 1 is 1.40 bits per heavy atom. The zero-order chi connectivity index (χ0) is 14.7. The van der Waals surface area contributed by atoms with Gasteiger partial charge < -0.3 is 15.4 Å². The summed E-state index contributed by atoms with van der Waals surface area (Å²) >= 11 is 11.7. The van der Waals surface area contributed by atoms with E-state index in [9.17, 15) is 9.59 Å². The summed E-state index contributed by atoms with van der Waals surface area (Å²) in [5.41, 5.74) is 5.26. The summed E-state index contributed by atoms with van der Waals surface area (Å²) in [6.07, 6.45) is 1.36. The molecule has 0 unspecified atom stereocenters. The van der Waals surface area contributed by atoms with E-state index < -0.39 is 11.9 Å². The van der Waals surface area contributed by atoms with Crippen molar-refractivity contribution >= 4 is 35.0 Å². The molecule has 1 aromatic rings. The standard InChI is InChI=1S/C13H14Cl2N2O3/c14-8-3-4-11(9(15)6-8)20-7-12(18)17-5-1-2-10(17)13(16)19/h3-4,6,10H,1-2,5,7H2,(H2,16,19)/t10-/m0/s1. The average molecular weight is 317 g/mol. The van der Waals surface area contributed by atoms with Crippen LogP contribution in [0.1, 0.15) is 12.8 Å². The van der Waals surface area contributed by atoms with Gasteiger partial charge in [-0.25, -0.2) is 0 Å². The highest BCUT2D eigenvalue weighted by atomic mass is 35.5. The summed E-state index contributed by atoms with van der Waals surface area (Å²) in [6, 6.07) is 4.21. The number of carbonyl (C=O) groups is 2. The Hall–Kier alpha value is -1.46. The minimum Gasteiger partial charge on any atom is -0.482 e. The number of hydrogen-bond acceptors (Lipinski definition) is 3. The maximum Gasteiger partial charge on any atom is 0.261 e. The molecular weight excluding hydrogens is 303 g/mol. The van der Waals surface area contributed by atoms with Gasteiger partial charge in [-0.1, -0.05) is 23.2 Å². The van der Waals surface area contributed by atoms with Crippen molar-refractivity contribution < 1.29 is 14.3 Å². The number of amides is 2. The van der Waals surface area contributed by atoms with Gasteiger partial charge in [-0.15, -0.1) is 0 Å². The van der Waals surface area contributed by atoms with Gasteiger partial charge in [0, 0.05) is 11.6 Å². The zero-order valence-electron chi connectivity index (χ0n) is 10.6. The molecule has 2 N–H and O–H groups in total. The summed E-state index contributed by atoms with van der Waals surface area (Å²) in [6.45, 7) is 0.329. The van der Waals surface area contributed by atoms with Crippen LogP contribution in [0.15, 0.2) is 18.2 Å². The van der Waals surface area contributed by atoms with Gasteiger partial charge in [-0.05, 0) is 31.0 Å². The van der Waals surface area contributed by atoms with Gasteiger partial charge >= 0.3 is 0 Å². The van der Waals surface area contributed by atoms with Gasteiger partial charge in [-0.3, -0.25) is 9.59 Å². The number of primary amides is 1. The summed E-state index contributed by atoms with van der Waals surface area (Å²) in [4.78, 5) is 24.7. The predicted octanol–water partition coefficient (Wildman–Crippen LogP) is 1.85. The van der Waals surface area contributed by atoms with E-state index >= 15 is 0 Å². The van der Waals surface area contributed by atoms with Crippen molar-refractivity contribution in [1.82, 2.24) is 4.90 Å². The first-order valence-corrected chi connectivity index (χ1v) is 6.91. The average Bonchev–Trinajstić information content (AvgIpc) is 2.86. The van der Waals surface area contributed by atoms with Crippen LogP contribution in [0, 0.1) is 0 Å². The number of ether oxygens (including phenoxy) is 1. The summed E-state index contributed by atoms with van der Waals surface area (Å²) in [7, 11) is 0. The number of halogens is 2. The smallest absolute Gasteiger partial charge is 0.261 e. The van der Waals surface area contributed by atoms with Crippen molar-refractivity contribution in [2.24, 2.45) is 5.73 Å². The van der Waals surface area contributed by atoms with Crippen molar-refractivity contribution in [3.05, 3.63) is 28.2 Å². The second-order valence-electron chi connectivity index (χ2n) is 4.51. The van der Waals surface area contributed by atoms with Crippen LogP contribution in [-0.4, -0.2) is 35.9 Å². The molecule has 2 amide bonds. The molecule has 1 aliphatic heterocycles. The van der Waals surface area contributed by atoms with Crippen LogP contribution in [0.5, 0.6) is 5.75 Å². The molecule has 1 fully saturated rings. The Bertz CT molecular complexity index is 536. The summed E-state index contributed by atoms with van der Waals surface area (Å²) in [5, 5.41) is 0.820. The van der Waals surface area contributed by atoms with E-state index in [1.807, 2.05) is 0 Å². The molecule has 1 aromatic carbocycles. The molecule has 0 aromatic heterocycles. The first-order valence-electron chi connectivity index (χ1n) is 6.15. The fraction of sp³-hybridized carbons (Fsp3) is 0.385. The van der Waals surface area contributed by atoms with Crippen LogP contribution in [0.25, 0.3) is 0 Å². The highest BCUT2D eigenvalue weighted by molar-refractivity contribution is 6.35. The van der Waals surface area contributed by atoms with Crippen molar-refractivity contribution in [3.63, 3.8) is 0 Å². The molecule has 0 saturated carbocycles. The van der Waals surface area contributed by atoms with Crippen molar-refractivity contribution in [2.45, 2.75) is 18.9 Å². The van der Waals surface area contributed by atoms with E-state index in [0.717, 1.165) is 6.42 Å². The second-order valence-corrected chi connectivity index (χ2v) is 5.35. The fourth-order valence-corrected chi connectivity index (χ4v) is 2.64. The lowest BCUT2D eigenvalue weighted by molar-refractivity contribution is -0.138. The number of rotatable bonds is 4. The third-order valence-electron chi connectivity index (χ3n) is 3.15. The van der Waals surface area contributed by atoms with Crippen molar-refractivity contribution in [2.75, 3.05) is 13.2 Å². The highest BCUT2D eigenvalue weighted by Gasteiger charge is 2.32. The van der Waals surface area contributed by atoms with Crippen LogP contribution < -0.4 is 10.5 Å². The van der Waals surface area contributed by atoms with E-state index in [1.54, 1.807) is 12.1 Å². The van der Waals surface area contributed by atoms with E-state index in [1.165, 1.54) is 11.0 Å². The van der Waals surface area contributed by atoms with E-state index in [-0.39, 0.29) is 12.5 Å². The van der Waals surface area contributed by atoms with Gasteiger partial charge in [0.15, 0.2) is 6.61 Å². The highest BCUT2D eigenvalue weighted by Crippen LogP contribution is 2.27. The Balaban J connectivity index is 1.96. The largest absolute Gasteiger partial charge is 0.482 e. The summed E-state index contributed by atoms with van der Waals surface area (Å²) in [5.74, 6) is -0.392. The van der Waals surface area contributed by atoms with Crippen LogP contribution in [0.2, 0.25) is 10.0 Å². The normalized spacial score (nSPS) is 18.1. The van der Waals surface area contributed by atoms with E-state index in [4.69, 9.17) is 33.7 Å². The van der Waals surface area contributed by atoms with Gasteiger partial charge in [0.05, 0.1) is 5.02 Å². The number of benzene rings is 1. The SMILES string of the molecule is NC(=O)[C@@H]1CCCN1C(=O)COc1ccc(Cl)cc1Cl. The predicted molar refractivity (Wildman–Crippen MR) is 75.9 cm³/mol. The van der Waals surface area contributed by atoms with E-state index in [0.29, 0.717) is 28.8 Å². The lowest BCUT2D eigenvalue weighted by Gasteiger charge is -2.22. The Morgan fingerprint density at radius 3 is 2.80 bits per heavy atom. The Labute approximate surface area is 126 Å². The topological polar surface area (TPSA) is 72.6 Å². The second kappa shape index (κ2) is 6.33. The molecule has 2 rings (SSSR count). The van der Waals surface area contributed by atoms with Crippen LogP contribution >= 0.6 is 23.2 Å². The molecule has 7 heteroatoms. The van der Waals surface area contributed by atoms with Crippen LogP contribution in [0.3, 0.4) is 0 Å². The molecule has 0 spiro atoms. The Morgan fingerprint density at radius 2 is 2.15 bits per heavy atom. The van der Waals surface area contributed by atoms with Crippen LogP contribution in [0.4, 0.5) is 0 Å². The molecule has 20 heavy (non-hydrogen) atoms. The quantitative estimate of drug-likeness (QED) is 0.921. The molecule has 5 nitrogen and oxygen atoms in total. The molecule has 0 aliphatic carbocycles.